The summed E-state index contributed by atoms with van der Waals surface area (Å²) in [6.45, 7) is 10.4. The summed E-state index contributed by atoms with van der Waals surface area (Å²) in [6.07, 6.45) is 6.02. The summed E-state index contributed by atoms with van der Waals surface area (Å²) in [4.78, 5) is 20.6. The minimum absolute atomic E-state index is 0.653. The van der Waals surface area contributed by atoms with Gasteiger partial charge in [0.15, 0.2) is 5.96 Å². The Balaban J connectivity index is 1.22. The molecule has 7 heteroatoms. The third-order valence-corrected chi connectivity index (χ3v) is 6.92. The number of benzene rings is 1. The van der Waals surface area contributed by atoms with E-state index in [1.807, 2.05) is 25.5 Å². The molecule has 2 unspecified atom stereocenters. The molecule has 2 fully saturated rings. The molecular formula is C25H37N7. The molecule has 0 saturated carbocycles. The van der Waals surface area contributed by atoms with Gasteiger partial charge in [0.25, 0.3) is 0 Å². The van der Waals surface area contributed by atoms with Crippen molar-refractivity contribution in [3.63, 3.8) is 0 Å². The highest BCUT2D eigenvalue weighted by atomic mass is 15.3. The second-order valence-corrected chi connectivity index (χ2v) is 8.77. The summed E-state index contributed by atoms with van der Waals surface area (Å²) in [7, 11) is 1.91. The summed E-state index contributed by atoms with van der Waals surface area (Å²) in [6, 6.07) is 12.9. The average Bonchev–Trinajstić information content (AvgIpc) is 2.88. The third kappa shape index (κ3) is 5.57. The first-order chi connectivity index (χ1) is 15.8. The van der Waals surface area contributed by atoms with Gasteiger partial charge in [-0.05, 0) is 29.9 Å². The predicted molar refractivity (Wildman–Crippen MR) is 131 cm³/mol. The Bertz CT molecular complexity index is 834. The zero-order valence-electron chi connectivity index (χ0n) is 19.5. The summed E-state index contributed by atoms with van der Waals surface area (Å²) in [5, 5.41) is 3.62. The maximum atomic E-state index is 4.60. The molecule has 2 saturated heterocycles. The van der Waals surface area contributed by atoms with E-state index in [1.165, 1.54) is 18.4 Å². The molecule has 3 heterocycles. The van der Waals surface area contributed by atoms with Crippen LogP contribution in [0.4, 0.5) is 5.95 Å². The molecule has 32 heavy (non-hydrogen) atoms. The summed E-state index contributed by atoms with van der Waals surface area (Å²) in [5.41, 5.74) is 1.49. The number of piperazine rings is 1. The van der Waals surface area contributed by atoms with Crippen LogP contribution in [0.3, 0.4) is 0 Å². The van der Waals surface area contributed by atoms with Gasteiger partial charge in [-0.3, -0.25) is 9.89 Å². The molecule has 1 aromatic heterocycles. The smallest absolute Gasteiger partial charge is 0.225 e. The van der Waals surface area contributed by atoms with Gasteiger partial charge in [0, 0.05) is 71.8 Å². The minimum atomic E-state index is 0.653. The van der Waals surface area contributed by atoms with Crippen LogP contribution in [0.5, 0.6) is 0 Å². The molecule has 2 aliphatic rings. The Morgan fingerprint density at radius 3 is 2.47 bits per heavy atom. The van der Waals surface area contributed by atoms with E-state index in [9.17, 15) is 0 Å². The molecule has 172 valence electrons. The van der Waals surface area contributed by atoms with Crippen molar-refractivity contribution in [2.24, 2.45) is 10.9 Å². The van der Waals surface area contributed by atoms with Crippen LogP contribution in [0, 0.1) is 5.92 Å². The molecule has 1 aromatic carbocycles. The van der Waals surface area contributed by atoms with E-state index in [-0.39, 0.29) is 0 Å². The first-order valence-electron chi connectivity index (χ1n) is 12.0. The number of likely N-dealkylation sites (tertiary alicyclic amines) is 1. The van der Waals surface area contributed by atoms with Gasteiger partial charge >= 0.3 is 0 Å². The Kier molecular flexibility index (Phi) is 7.93. The fourth-order valence-electron chi connectivity index (χ4n) is 5.06. The number of piperidine rings is 1. The number of hydrogen-bond acceptors (Lipinski definition) is 5. The first kappa shape index (κ1) is 22.5. The molecule has 0 amide bonds. The third-order valence-electron chi connectivity index (χ3n) is 6.92. The lowest BCUT2D eigenvalue weighted by Gasteiger charge is -2.40. The number of nitrogens with one attached hydrogen (secondary N) is 1. The normalized spacial score (nSPS) is 22.8. The van der Waals surface area contributed by atoms with Crippen LogP contribution in [0.1, 0.15) is 31.2 Å². The van der Waals surface area contributed by atoms with E-state index in [0.29, 0.717) is 11.8 Å². The second kappa shape index (κ2) is 11.3. The maximum absolute atomic E-state index is 4.60. The van der Waals surface area contributed by atoms with E-state index >= 15 is 0 Å². The van der Waals surface area contributed by atoms with Crippen LogP contribution in [0.2, 0.25) is 0 Å². The van der Waals surface area contributed by atoms with Crippen molar-refractivity contribution in [2.75, 3.05) is 64.3 Å². The van der Waals surface area contributed by atoms with Crippen molar-refractivity contribution in [3.05, 3.63) is 54.4 Å². The van der Waals surface area contributed by atoms with Gasteiger partial charge in [0.1, 0.15) is 0 Å². The van der Waals surface area contributed by atoms with Crippen LogP contribution < -0.4 is 10.2 Å². The Morgan fingerprint density at radius 1 is 1.03 bits per heavy atom. The zero-order chi connectivity index (χ0) is 22.2. The number of rotatable bonds is 6. The Labute approximate surface area is 192 Å². The van der Waals surface area contributed by atoms with E-state index < -0.39 is 0 Å². The number of anilines is 1. The molecule has 0 aliphatic carbocycles. The van der Waals surface area contributed by atoms with Crippen LogP contribution in [0.15, 0.2) is 53.8 Å². The molecule has 7 nitrogen and oxygen atoms in total. The highest BCUT2D eigenvalue weighted by Gasteiger charge is 2.30. The number of guanidine groups is 1. The number of aliphatic imine (C=N–C) groups is 1. The van der Waals surface area contributed by atoms with Gasteiger partial charge in [-0.15, -0.1) is 0 Å². The van der Waals surface area contributed by atoms with E-state index in [4.69, 9.17) is 0 Å². The molecule has 0 spiro atoms. The lowest BCUT2D eigenvalue weighted by Crippen LogP contribution is -2.51. The van der Waals surface area contributed by atoms with Gasteiger partial charge in [-0.25, -0.2) is 9.97 Å². The predicted octanol–water partition coefficient (Wildman–Crippen LogP) is 2.69. The molecule has 2 atom stereocenters. The molecule has 0 bridgehead atoms. The molecular weight excluding hydrogens is 398 g/mol. The number of nitrogens with zero attached hydrogens (tertiary/aromatic N) is 6. The van der Waals surface area contributed by atoms with Crippen molar-refractivity contribution >= 4 is 11.9 Å². The van der Waals surface area contributed by atoms with E-state index in [1.54, 1.807) is 0 Å². The zero-order valence-corrected chi connectivity index (χ0v) is 19.5. The van der Waals surface area contributed by atoms with Gasteiger partial charge < -0.3 is 15.1 Å². The molecule has 0 radical (unpaired) electrons. The maximum Gasteiger partial charge on any atom is 0.225 e. The summed E-state index contributed by atoms with van der Waals surface area (Å²) >= 11 is 0. The lowest BCUT2D eigenvalue weighted by molar-refractivity contribution is 0.213. The van der Waals surface area contributed by atoms with E-state index in [0.717, 1.165) is 64.3 Å². The SMILES string of the molecule is CCC1CN(C(=NC)NCCN2CCN(c3ncccn3)CC2)CCC1c1ccccc1. The number of hydrogen-bond donors (Lipinski definition) is 1. The van der Waals surface area contributed by atoms with E-state index in [2.05, 4.69) is 72.2 Å². The fourth-order valence-corrected chi connectivity index (χ4v) is 5.06. The monoisotopic (exact) mass is 435 g/mol. The standard InChI is InChI=1S/C25H37N7/c1-3-21-20-32(14-10-23(21)22-8-5-4-6-9-22)24(26-2)29-13-15-30-16-18-31(19-17-30)25-27-11-7-12-28-25/h4-9,11-12,21,23H,3,10,13-20H2,1-2H3,(H,26,29). The quantitative estimate of drug-likeness (QED) is 0.556. The number of aromatic nitrogens is 2. The molecule has 2 aromatic rings. The van der Waals surface area contributed by atoms with Crippen LogP contribution in [-0.4, -0.2) is 85.1 Å². The largest absolute Gasteiger partial charge is 0.355 e. The van der Waals surface area contributed by atoms with Gasteiger partial charge in [0.2, 0.25) is 5.95 Å². The lowest BCUT2D eigenvalue weighted by atomic mass is 9.79. The summed E-state index contributed by atoms with van der Waals surface area (Å²) in [5.74, 6) is 3.21. The fraction of sp³-hybridized carbons (Fsp3) is 0.560. The van der Waals surface area contributed by atoms with Crippen molar-refractivity contribution in [2.45, 2.75) is 25.7 Å². The second-order valence-electron chi connectivity index (χ2n) is 8.77. The highest BCUT2D eigenvalue weighted by molar-refractivity contribution is 5.80. The van der Waals surface area contributed by atoms with Crippen molar-refractivity contribution in [1.82, 2.24) is 25.1 Å². The van der Waals surface area contributed by atoms with Crippen LogP contribution >= 0.6 is 0 Å². The Morgan fingerprint density at radius 2 is 1.78 bits per heavy atom. The Hall–Kier alpha value is -2.67. The van der Waals surface area contributed by atoms with Crippen LogP contribution in [0.25, 0.3) is 0 Å². The minimum Gasteiger partial charge on any atom is -0.355 e. The molecule has 2 aliphatic heterocycles. The van der Waals surface area contributed by atoms with Crippen LogP contribution in [-0.2, 0) is 0 Å². The molecule has 1 N–H and O–H groups in total. The summed E-state index contributed by atoms with van der Waals surface area (Å²) < 4.78 is 0. The average molecular weight is 436 g/mol. The van der Waals surface area contributed by atoms with Crippen molar-refractivity contribution in [3.8, 4) is 0 Å². The van der Waals surface area contributed by atoms with Gasteiger partial charge in [0.05, 0.1) is 0 Å². The first-order valence-corrected chi connectivity index (χ1v) is 12.0. The highest BCUT2D eigenvalue weighted by Crippen LogP contribution is 2.34. The van der Waals surface area contributed by atoms with Gasteiger partial charge in [-0.2, -0.15) is 0 Å². The van der Waals surface area contributed by atoms with Crippen molar-refractivity contribution < 1.29 is 0 Å². The molecule has 4 rings (SSSR count). The van der Waals surface area contributed by atoms with Crippen molar-refractivity contribution in [1.29, 1.82) is 0 Å². The van der Waals surface area contributed by atoms with Gasteiger partial charge in [-0.1, -0.05) is 43.7 Å². The topological polar surface area (TPSA) is 59.9 Å².